The SMILES string of the molecule is CCOc1ccc(C2NNC(C)C2CN)cc1. The molecule has 0 bridgehead atoms. The van der Waals surface area contributed by atoms with Gasteiger partial charge >= 0.3 is 0 Å². The number of hydrogen-bond acceptors (Lipinski definition) is 4. The summed E-state index contributed by atoms with van der Waals surface area (Å²) in [5.74, 6) is 1.34. The van der Waals surface area contributed by atoms with Gasteiger partial charge < -0.3 is 10.5 Å². The quantitative estimate of drug-likeness (QED) is 0.734. The molecule has 17 heavy (non-hydrogen) atoms. The van der Waals surface area contributed by atoms with Crippen LogP contribution in [0, 0.1) is 5.92 Å². The highest BCUT2D eigenvalue weighted by Gasteiger charge is 2.32. The summed E-state index contributed by atoms with van der Waals surface area (Å²) >= 11 is 0. The van der Waals surface area contributed by atoms with Gasteiger partial charge in [0.1, 0.15) is 5.75 Å². The van der Waals surface area contributed by atoms with E-state index in [1.54, 1.807) is 0 Å². The van der Waals surface area contributed by atoms with Crippen molar-refractivity contribution in [2.24, 2.45) is 11.7 Å². The van der Waals surface area contributed by atoms with Crippen molar-refractivity contribution in [3.05, 3.63) is 29.8 Å². The summed E-state index contributed by atoms with van der Waals surface area (Å²) < 4.78 is 5.44. The third-order valence-corrected chi connectivity index (χ3v) is 3.36. The minimum atomic E-state index is 0.283. The van der Waals surface area contributed by atoms with Crippen LogP contribution in [0.25, 0.3) is 0 Å². The lowest BCUT2D eigenvalue weighted by Crippen LogP contribution is -2.30. The van der Waals surface area contributed by atoms with Gasteiger partial charge in [0.05, 0.1) is 12.6 Å². The predicted octanol–water partition coefficient (Wildman–Crippen LogP) is 1.20. The van der Waals surface area contributed by atoms with E-state index in [0.29, 0.717) is 25.1 Å². The maximum absolute atomic E-state index is 5.82. The summed E-state index contributed by atoms with van der Waals surface area (Å²) in [5, 5.41) is 0. The van der Waals surface area contributed by atoms with Crippen molar-refractivity contribution in [3.63, 3.8) is 0 Å². The number of hydrogen-bond donors (Lipinski definition) is 3. The van der Waals surface area contributed by atoms with Gasteiger partial charge in [-0.25, -0.2) is 5.43 Å². The zero-order valence-electron chi connectivity index (χ0n) is 10.4. The molecule has 0 aromatic heterocycles. The average molecular weight is 235 g/mol. The Morgan fingerprint density at radius 3 is 2.53 bits per heavy atom. The van der Waals surface area contributed by atoms with Crippen molar-refractivity contribution in [2.75, 3.05) is 13.2 Å². The molecule has 4 heteroatoms. The smallest absolute Gasteiger partial charge is 0.119 e. The van der Waals surface area contributed by atoms with E-state index in [1.165, 1.54) is 5.56 Å². The second-order valence-corrected chi connectivity index (χ2v) is 4.46. The Kier molecular flexibility index (Phi) is 3.99. The van der Waals surface area contributed by atoms with Gasteiger partial charge in [-0.15, -0.1) is 0 Å². The van der Waals surface area contributed by atoms with Crippen LogP contribution in [-0.2, 0) is 0 Å². The topological polar surface area (TPSA) is 59.3 Å². The van der Waals surface area contributed by atoms with E-state index >= 15 is 0 Å². The molecule has 0 aliphatic carbocycles. The monoisotopic (exact) mass is 235 g/mol. The molecule has 0 spiro atoms. The lowest BCUT2D eigenvalue weighted by Gasteiger charge is -2.19. The van der Waals surface area contributed by atoms with Crippen LogP contribution in [0.5, 0.6) is 5.75 Å². The van der Waals surface area contributed by atoms with Gasteiger partial charge in [0, 0.05) is 12.0 Å². The molecule has 4 N–H and O–H groups in total. The molecule has 94 valence electrons. The van der Waals surface area contributed by atoms with Gasteiger partial charge in [0.2, 0.25) is 0 Å². The molecule has 1 aromatic carbocycles. The number of nitrogens with two attached hydrogens (primary N) is 1. The van der Waals surface area contributed by atoms with Crippen LogP contribution in [0.4, 0.5) is 0 Å². The molecule has 3 unspecified atom stereocenters. The standard InChI is InChI=1S/C13H21N3O/c1-3-17-11-6-4-10(5-7-11)13-12(8-14)9(2)15-16-13/h4-7,9,12-13,15-16H,3,8,14H2,1-2H3. The van der Waals surface area contributed by atoms with E-state index in [2.05, 4.69) is 29.9 Å². The van der Waals surface area contributed by atoms with Crippen molar-refractivity contribution in [1.82, 2.24) is 10.9 Å². The summed E-state index contributed by atoms with van der Waals surface area (Å²) in [5.41, 5.74) is 13.6. The Labute approximate surface area is 103 Å². The summed E-state index contributed by atoms with van der Waals surface area (Å²) in [6, 6.07) is 8.91. The summed E-state index contributed by atoms with van der Waals surface area (Å²) in [6.07, 6.45) is 0. The maximum Gasteiger partial charge on any atom is 0.119 e. The van der Waals surface area contributed by atoms with E-state index in [4.69, 9.17) is 10.5 Å². The Balaban J connectivity index is 2.11. The first-order valence-corrected chi connectivity index (χ1v) is 6.20. The molecule has 1 aliphatic rings. The minimum absolute atomic E-state index is 0.283. The molecule has 1 fully saturated rings. The highest BCUT2D eigenvalue weighted by atomic mass is 16.5. The summed E-state index contributed by atoms with van der Waals surface area (Å²) in [4.78, 5) is 0. The summed E-state index contributed by atoms with van der Waals surface area (Å²) in [6.45, 7) is 5.52. The second-order valence-electron chi connectivity index (χ2n) is 4.46. The Morgan fingerprint density at radius 1 is 1.24 bits per heavy atom. The van der Waals surface area contributed by atoms with E-state index in [9.17, 15) is 0 Å². The van der Waals surface area contributed by atoms with Gasteiger partial charge in [0.15, 0.2) is 0 Å². The third kappa shape index (κ3) is 2.60. The van der Waals surface area contributed by atoms with Crippen molar-refractivity contribution in [3.8, 4) is 5.75 Å². The number of hydrazine groups is 1. The van der Waals surface area contributed by atoms with Gasteiger partial charge in [0.25, 0.3) is 0 Å². The third-order valence-electron chi connectivity index (χ3n) is 3.36. The van der Waals surface area contributed by atoms with Crippen LogP contribution in [0.3, 0.4) is 0 Å². The molecule has 4 nitrogen and oxygen atoms in total. The second kappa shape index (κ2) is 5.49. The molecule has 2 rings (SSSR count). The van der Waals surface area contributed by atoms with Gasteiger partial charge in [-0.1, -0.05) is 12.1 Å². The molecule has 0 radical (unpaired) electrons. The Morgan fingerprint density at radius 2 is 1.94 bits per heavy atom. The molecule has 1 heterocycles. The highest BCUT2D eigenvalue weighted by Crippen LogP contribution is 2.28. The Hall–Kier alpha value is -1.10. The van der Waals surface area contributed by atoms with Crippen molar-refractivity contribution in [1.29, 1.82) is 0 Å². The number of rotatable bonds is 4. The normalized spacial score (nSPS) is 28.3. The van der Waals surface area contributed by atoms with Crippen LogP contribution in [-0.4, -0.2) is 19.2 Å². The van der Waals surface area contributed by atoms with Crippen LogP contribution in [0.2, 0.25) is 0 Å². The lowest BCUT2D eigenvalue weighted by atomic mass is 9.90. The van der Waals surface area contributed by atoms with E-state index in [-0.39, 0.29) is 6.04 Å². The summed E-state index contributed by atoms with van der Waals surface area (Å²) in [7, 11) is 0. The van der Waals surface area contributed by atoms with Crippen LogP contribution in [0.15, 0.2) is 24.3 Å². The zero-order valence-corrected chi connectivity index (χ0v) is 10.4. The fourth-order valence-electron chi connectivity index (χ4n) is 2.33. The predicted molar refractivity (Wildman–Crippen MR) is 68.6 cm³/mol. The fourth-order valence-corrected chi connectivity index (χ4v) is 2.33. The van der Waals surface area contributed by atoms with Crippen LogP contribution in [0.1, 0.15) is 25.5 Å². The molecule has 3 atom stereocenters. The van der Waals surface area contributed by atoms with Gasteiger partial charge in [-0.3, -0.25) is 5.43 Å². The largest absolute Gasteiger partial charge is 0.494 e. The molecule has 1 saturated heterocycles. The zero-order chi connectivity index (χ0) is 12.3. The first-order chi connectivity index (χ1) is 8.26. The Bertz CT molecular complexity index is 352. The van der Waals surface area contributed by atoms with E-state index < -0.39 is 0 Å². The molecular weight excluding hydrogens is 214 g/mol. The molecule has 0 saturated carbocycles. The fraction of sp³-hybridized carbons (Fsp3) is 0.538. The molecular formula is C13H21N3O. The number of nitrogens with one attached hydrogen (secondary N) is 2. The van der Waals surface area contributed by atoms with Gasteiger partial charge in [-0.2, -0.15) is 0 Å². The van der Waals surface area contributed by atoms with Crippen molar-refractivity contribution in [2.45, 2.75) is 25.9 Å². The number of ether oxygens (including phenoxy) is 1. The minimum Gasteiger partial charge on any atom is -0.494 e. The first-order valence-electron chi connectivity index (χ1n) is 6.20. The highest BCUT2D eigenvalue weighted by molar-refractivity contribution is 5.30. The van der Waals surface area contributed by atoms with Crippen molar-refractivity contribution >= 4 is 0 Å². The molecule has 0 amide bonds. The number of benzene rings is 1. The van der Waals surface area contributed by atoms with Crippen molar-refractivity contribution < 1.29 is 4.74 Å². The van der Waals surface area contributed by atoms with Crippen LogP contribution < -0.4 is 21.3 Å². The lowest BCUT2D eigenvalue weighted by molar-refractivity contribution is 0.340. The average Bonchev–Trinajstić information content (AvgIpc) is 2.72. The van der Waals surface area contributed by atoms with E-state index in [0.717, 1.165) is 5.75 Å². The van der Waals surface area contributed by atoms with Gasteiger partial charge in [-0.05, 0) is 38.1 Å². The molecule has 1 aliphatic heterocycles. The maximum atomic E-state index is 5.82. The molecule has 1 aromatic rings. The first kappa shape index (κ1) is 12.4. The van der Waals surface area contributed by atoms with E-state index in [1.807, 2.05) is 19.1 Å². The van der Waals surface area contributed by atoms with Crippen LogP contribution >= 0.6 is 0 Å².